The minimum Gasteiger partial charge on any atom is -0.321 e. The van der Waals surface area contributed by atoms with Gasteiger partial charge in [-0.2, -0.15) is 0 Å². The molecule has 0 unspecified atom stereocenters. The summed E-state index contributed by atoms with van der Waals surface area (Å²) in [5, 5.41) is 3.21. The van der Waals surface area contributed by atoms with Gasteiger partial charge in [-0.15, -0.1) is 0 Å². The number of aryl methyl sites for hydroxylation is 1. The lowest BCUT2D eigenvalue weighted by Crippen LogP contribution is -2.12. The summed E-state index contributed by atoms with van der Waals surface area (Å²) in [5.41, 5.74) is 2.63. The van der Waals surface area contributed by atoms with Gasteiger partial charge in [0.05, 0.1) is 16.5 Å². The van der Waals surface area contributed by atoms with Gasteiger partial charge in [0.2, 0.25) is 0 Å². The second-order valence-electron chi connectivity index (χ2n) is 5.20. The highest BCUT2D eigenvalue weighted by Gasteiger charge is 2.10. The van der Waals surface area contributed by atoms with Crippen molar-refractivity contribution in [3.8, 4) is 0 Å². The fraction of sp³-hybridized carbons (Fsp3) is 0.188. The Balaban J connectivity index is 2.13. The Morgan fingerprint density at radius 1 is 1.14 bits per heavy atom. The molecule has 0 aromatic heterocycles. The van der Waals surface area contributed by atoms with Crippen molar-refractivity contribution in [2.75, 3.05) is 11.6 Å². The Morgan fingerprint density at radius 2 is 1.77 bits per heavy atom. The van der Waals surface area contributed by atoms with Gasteiger partial charge in [0.25, 0.3) is 5.91 Å². The third-order valence-corrected chi connectivity index (χ3v) is 4.19. The van der Waals surface area contributed by atoms with E-state index in [0.717, 1.165) is 5.56 Å². The Hall–Kier alpha value is -1.85. The quantitative estimate of drug-likeness (QED) is 0.929. The van der Waals surface area contributed by atoms with Crippen molar-refractivity contribution in [2.24, 2.45) is 0 Å². The maximum absolute atomic E-state index is 12.2. The average molecular weight is 338 g/mol. The second kappa shape index (κ2) is 6.50. The smallest absolute Gasteiger partial charge is 0.255 e. The second-order valence-corrected chi connectivity index (χ2v) is 7.75. The summed E-state index contributed by atoms with van der Waals surface area (Å²) in [7, 11) is -3.09. The SMILES string of the molecule is Cc1ccc(NC(=O)c2ccc(CS(C)(=O)=O)cc2)c(Cl)c1. The van der Waals surface area contributed by atoms with Crippen molar-refractivity contribution in [3.63, 3.8) is 0 Å². The number of halogens is 1. The van der Waals surface area contributed by atoms with Crippen LogP contribution in [0, 0.1) is 6.92 Å². The zero-order chi connectivity index (χ0) is 16.3. The summed E-state index contributed by atoms with van der Waals surface area (Å²) in [6, 6.07) is 11.8. The van der Waals surface area contributed by atoms with E-state index in [1.165, 1.54) is 6.26 Å². The predicted octanol–water partition coefficient (Wildman–Crippen LogP) is 3.45. The molecule has 22 heavy (non-hydrogen) atoms. The third-order valence-electron chi connectivity index (χ3n) is 3.02. The molecule has 0 aliphatic heterocycles. The number of carbonyl (C=O) groups excluding carboxylic acids is 1. The van der Waals surface area contributed by atoms with Crippen LogP contribution in [0.3, 0.4) is 0 Å². The minimum absolute atomic E-state index is 0.0430. The topological polar surface area (TPSA) is 63.2 Å². The van der Waals surface area contributed by atoms with Crippen molar-refractivity contribution >= 4 is 33.0 Å². The van der Waals surface area contributed by atoms with Crippen molar-refractivity contribution < 1.29 is 13.2 Å². The van der Waals surface area contributed by atoms with E-state index in [0.29, 0.717) is 21.8 Å². The van der Waals surface area contributed by atoms with Crippen LogP contribution in [0.15, 0.2) is 42.5 Å². The van der Waals surface area contributed by atoms with Gasteiger partial charge in [0.1, 0.15) is 0 Å². The molecule has 2 rings (SSSR count). The molecule has 6 heteroatoms. The molecule has 0 saturated carbocycles. The summed E-state index contributed by atoms with van der Waals surface area (Å²) < 4.78 is 22.5. The molecule has 1 N–H and O–H groups in total. The molecule has 0 aliphatic rings. The molecule has 0 bridgehead atoms. The van der Waals surface area contributed by atoms with Gasteiger partial charge in [-0.25, -0.2) is 8.42 Å². The first-order chi connectivity index (χ1) is 10.2. The molecule has 0 saturated heterocycles. The summed E-state index contributed by atoms with van der Waals surface area (Å²) in [5.74, 6) is -0.338. The predicted molar refractivity (Wildman–Crippen MR) is 89.1 cm³/mol. The van der Waals surface area contributed by atoms with Gasteiger partial charge >= 0.3 is 0 Å². The number of amides is 1. The molecule has 116 valence electrons. The lowest BCUT2D eigenvalue weighted by atomic mass is 10.1. The average Bonchev–Trinajstić information content (AvgIpc) is 2.41. The maximum atomic E-state index is 12.2. The number of hydrogen-bond acceptors (Lipinski definition) is 3. The van der Waals surface area contributed by atoms with Crippen molar-refractivity contribution in [2.45, 2.75) is 12.7 Å². The molecule has 1 amide bonds. The van der Waals surface area contributed by atoms with Crippen LogP contribution < -0.4 is 5.32 Å². The van der Waals surface area contributed by atoms with Crippen LogP contribution in [-0.4, -0.2) is 20.6 Å². The van der Waals surface area contributed by atoms with E-state index >= 15 is 0 Å². The highest BCUT2D eigenvalue weighted by atomic mass is 35.5. The zero-order valence-corrected chi connectivity index (χ0v) is 13.8. The first-order valence-corrected chi connectivity index (χ1v) is 9.02. The molecule has 2 aromatic carbocycles. The highest BCUT2D eigenvalue weighted by Crippen LogP contribution is 2.23. The largest absolute Gasteiger partial charge is 0.321 e. The lowest BCUT2D eigenvalue weighted by Gasteiger charge is -2.08. The van der Waals surface area contributed by atoms with Crippen molar-refractivity contribution in [3.05, 3.63) is 64.2 Å². The van der Waals surface area contributed by atoms with Crippen LogP contribution in [0.4, 0.5) is 5.69 Å². The molecule has 4 nitrogen and oxygen atoms in total. The Bertz CT molecular complexity index is 799. The molecule has 0 atom stereocenters. The van der Waals surface area contributed by atoms with Crippen LogP contribution in [0.1, 0.15) is 21.5 Å². The summed E-state index contributed by atoms with van der Waals surface area (Å²) in [6.07, 6.45) is 1.17. The Morgan fingerprint density at radius 3 is 2.32 bits per heavy atom. The first kappa shape index (κ1) is 16.5. The maximum Gasteiger partial charge on any atom is 0.255 e. The van der Waals surface area contributed by atoms with Gasteiger partial charge in [-0.1, -0.05) is 29.8 Å². The molecule has 0 fully saturated rings. The summed E-state index contributed by atoms with van der Waals surface area (Å²) >= 11 is 6.08. The van der Waals surface area contributed by atoms with Crippen LogP contribution >= 0.6 is 11.6 Å². The standard InChI is InChI=1S/C16H16ClNO3S/c1-11-3-8-15(14(17)9-11)18-16(19)13-6-4-12(5-7-13)10-22(2,20)21/h3-9H,10H2,1-2H3,(H,18,19). The van der Waals surface area contributed by atoms with E-state index in [1.807, 2.05) is 13.0 Å². The molecule has 2 aromatic rings. The monoisotopic (exact) mass is 337 g/mol. The first-order valence-electron chi connectivity index (χ1n) is 6.59. The number of carbonyl (C=O) groups is 1. The fourth-order valence-electron chi connectivity index (χ4n) is 1.97. The number of sulfone groups is 1. The van der Waals surface area contributed by atoms with Crippen LogP contribution in [0.25, 0.3) is 0 Å². The van der Waals surface area contributed by atoms with Gasteiger partial charge < -0.3 is 5.32 Å². The van der Waals surface area contributed by atoms with Gasteiger partial charge in [-0.05, 0) is 42.3 Å². The van der Waals surface area contributed by atoms with E-state index in [-0.39, 0.29) is 11.7 Å². The zero-order valence-electron chi connectivity index (χ0n) is 12.3. The van der Waals surface area contributed by atoms with Crippen molar-refractivity contribution in [1.29, 1.82) is 0 Å². The number of hydrogen-bond donors (Lipinski definition) is 1. The molecule has 0 aliphatic carbocycles. The van der Waals surface area contributed by atoms with Crippen molar-refractivity contribution in [1.82, 2.24) is 0 Å². The molecule has 0 radical (unpaired) electrons. The molecule has 0 heterocycles. The molecular formula is C16H16ClNO3S. The summed E-state index contributed by atoms with van der Waals surface area (Å²) in [6.45, 7) is 1.91. The highest BCUT2D eigenvalue weighted by molar-refractivity contribution is 7.89. The molecular weight excluding hydrogens is 322 g/mol. The Kier molecular flexibility index (Phi) is 4.88. The number of nitrogens with one attached hydrogen (secondary N) is 1. The molecule has 0 spiro atoms. The van der Waals surface area contributed by atoms with E-state index in [9.17, 15) is 13.2 Å². The normalized spacial score (nSPS) is 11.2. The van der Waals surface area contributed by atoms with Gasteiger partial charge in [-0.3, -0.25) is 4.79 Å². The fourth-order valence-corrected chi connectivity index (χ4v) is 3.05. The van der Waals surface area contributed by atoms with E-state index < -0.39 is 9.84 Å². The van der Waals surface area contributed by atoms with Crippen LogP contribution in [0.5, 0.6) is 0 Å². The van der Waals surface area contributed by atoms with Gasteiger partial charge in [0.15, 0.2) is 9.84 Å². The van der Waals surface area contributed by atoms with E-state index in [2.05, 4.69) is 5.32 Å². The van der Waals surface area contributed by atoms with E-state index in [1.54, 1.807) is 36.4 Å². The number of rotatable bonds is 4. The minimum atomic E-state index is -3.09. The number of benzene rings is 2. The van der Waals surface area contributed by atoms with Crippen LogP contribution in [-0.2, 0) is 15.6 Å². The Labute approximate surface area is 135 Å². The lowest BCUT2D eigenvalue weighted by molar-refractivity contribution is 0.102. The summed E-state index contributed by atoms with van der Waals surface area (Å²) in [4.78, 5) is 12.2. The van der Waals surface area contributed by atoms with E-state index in [4.69, 9.17) is 11.6 Å². The number of anilines is 1. The van der Waals surface area contributed by atoms with Gasteiger partial charge in [0, 0.05) is 11.8 Å². The third kappa shape index (κ3) is 4.58. The van der Waals surface area contributed by atoms with Crippen LogP contribution in [0.2, 0.25) is 5.02 Å².